The molecular weight excluding hydrogens is 1040 g/mol. The summed E-state index contributed by atoms with van der Waals surface area (Å²) in [6.07, 6.45) is 88.5. The Morgan fingerprint density at radius 3 is 1.05 bits per heavy atom. The fourth-order valence-electron chi connectivity index (χ4n) is 8.89. The Morgan fingerprint density at radius 1 is 0.390 bits per heavy atom. The molecule has 0 heterocycles. The van der Waals surface area contributed by atoms with Gasteiger partial charge in [-0.2, -0.15) is 0 Å². The lowest BCUT2D eigenvalue weighted by molar-refractivity contribution is -0.870. The zero-order valence-corrected chi connectivity index (χ0v) is 54.3. The third kappa shape index (κ3) is 65.6. The number of unbranched alkanes of at least 4 members (excludes halogenated alkanes) is 26. The van der Waals surface area contributed by atoms with Crippen LogP contribution in [0.5, 0.6) is 0 Å². The Labute approximate surface area is 505 Å². The number of esters is 2. The molecule has 0 fully saturated rings. The molecule has 0 aromatic rings. The maximum atomic E-state index is 12.9. The lowest BCUT2D eigenvalue weighted by Gasteiger charge is -2.24. The molecule has 0 aliphatic heterocycles. The summed E-state index contributed by atoms with van der Waals surface area (Å²) in [6, 6.07) is 0. The van der Waals surface area contributed by atoms with E-state index in [9.17, 15) is 19.0 Å². The topological polar surface area (TPSA) is 108 Å². The molecule has 470 valence electrons. The van der Waals surface area contributed by atoms with Crippen molar-refractivity contribution in [2.75, 3.05) is 47.5 Å². The van der Waals surface area contributed by atoms with Crippen LogP contribution in [0, 0.1) is 0 Å². The molecule has 0 spiro atoms. The molecule has 0 aromatic carbocycles. The lowest BCUT2D eigenvalue weighted by atomic mass is 10.0. The van der Waals surface area contributed by atoms with Gasteiger partial charge < -0.3 is 18.9 Å². The first-order valence-corrected chi connectivity index (χ1v) is 34.8. The number of phosphoric ester groups is 1. The Bertz CT molecular complexity index is 1800. The highest BCUT2D eigenvalue weighted by molar-refractivity contribution is 7.47. The summed E-state index contributed by atoms with van der Waals surface area (Å²) in [6.45, 7) is 4.32. The molecule has 10 heteroatoms. The third-order valence-corrected chi connectivity index (χ3v) is 15.0. The predicted octanol–water partition coefficient (Wildman–Crippen LogP) is 21.5. The van der Waals surface area contributed by atoms with E-state index in [2.05, 4.69) is 135 Å². The minimum atomic E-state index is -4.40. The van der Waals surface area contributed by atoms with E-state index >= 15 is 0 Å². The van der Waals surface area contributed by atoms with Crippen molar-refractivity contribution in [2.24, 2.45) is 0 Å². The zero-order valence-electron chi connectivity index (χ0n) is 53.4. The van der Waals surface area contributed by atoms with Crippen LogP contribution in [0.2, 0.25) is 0 Å². The number of ether oxygens (including phenoxy) is 2. The maximum Gasteiger partial charge on any atom is 0.472 e. The van der Waals surface area contributed by atoms with Gasteiger partial charge in [0.1, 0.15) is 19.8 Å². The molecule has 0 saturated carbocycles. The van der Waals surface area contributed by atoms with Crippen LogP contribution >= 0.6 is 7.82 Å². The number of carbonyl (C=O) groups is 2. The van der Waals surface area contributed by atoms with Gasteiger partial charge in [0, 0.05) is 12.8 Å². The van der Waals surface area contributed by atoms with Crippen LogP contribution in [0.25, 0.3) is 0 Å². The molecule has 1 N–H and O–H groups in total. The fraction of sp³-hybridized carbons (Fsp3) is 0.694. The second kappa shape index (κ2) is 62.0. The van der Waals surface area contributed by atoms with Gasteiger partial charge >= 0.3 is 19.8 Å². The van der Waals surface area contributed by atoms with E-state index in [0.29, 0.717) is 17.4 Å². The summed E-state index contributed by atoms with van der Waals surface area (Å²) in [5.74, 6) is -0.812. The highest BCUT2D eigenvalue weighted by atomic mass is 31.2. The van der Waals surface area contributed by atoms with Gasteiger partial charge in [0.25, 0.3) is 0 Å². The number of carbonyl (C=O) groups excluding carboxylic acids is 2. The molecule has 0 saturated heterocycles. The van der Waals surface area contributed by atoms with Crippen LogP contribution < -0.4 is 0 Å². The van der Waals surface area contributed by atoms with Gasteiger partial charge in [-0.25, -0.2) is 4.57 Å². The fourth-order valence-corrected chi connectivity index (χ4v) is 9.63. The van der Waals surface area contributed by atoms with E-state index < -0.39 is 26.5 Å². The molecule has 82 heavy (non-hydrogen) atoms. The number of nitrogens with zero attached hydrogens (tertiary/aromatic N) is 1. The minimum Gasteiger partial charge on any atom is -0.462 e. The van der Waals surface area contributed by atoms with Crippen molar-refractivity contribution in [1.29, 1.82) is 0 Å². The Morgan fingerprint density at radius 2 is 0.695 bits per heavy atom. The number of likely N-dealkylation sites (N-methyl/N-ethyl adjacent to an activating group) is 1. The molecule has 0 amide bonds. The molecule has 0 aromatic heterocycles. The average Bonchev–Trinajstić information content (AvgIpc) is 3.45. The first kappa shape index (κ1) is 78.4. The van der Waals surface area contributed by atoms with Gasteiger partial charge in [-0.1, -0.05) is 270 Å². The van der Waals surface area contributed by atoms with Gasteiger partial charge in [-0.15, -0.1) is 0 Å². The second-order valence-electron chi connectivity index (χ2n) is 23.1. The number of quaternary nitrogens is 1. The van der Waals surface area contributed by atoms with Crippen LogP contribution in [0.4, 0.5) is 0 Å². The number of hydrogen-bond acceptors (Lipinski definition) is 7. The Kier molecular flexibility index (Phi) is 59.2. The largest absolute Gasteiger partial charge is 0.472 e. The van der Waals surface area contributed by atoms with Crippen LogP contribution in [0.1, 0.15) is 271 Å². The number of rotatable bonds is 60. The van der Waals surface area contributed by atoms with E-state index in [1.165, 1.54) is 135 Å². The molecule has 9 nitrogen and oxygen atoms in total. The van der Waals surface area contributed by atoms with Crippen molar-refractivity contribution in [1.82, 2.24) is 0 Å². The van der Waals surface area contributed by atoms with Gasteiger partial charge in [0.05, 0.1) is 27.7 Å². The molecule has 0 rings (SSSR count). The first-order chi connectivity index (χ1) is 40.0. The predicted molar refractivity (Wildman–Crippen MR) is 353 cm³/mol. The smallest absolute Gasteiger partial charge is 0.462 e. The van der Waals surface area contributed by atoms with Crippen LogP contribution in [0.15, 0.2) is 122 Å². The van der Waals surface area contributed by atoms with Crippen molar-refractivity contribution in [3.05, 3.63) is 122 Å². The molecule has 0 bridgehead atoms. The van der Waals surface area contributed by atoms with Gasteiger partial charge in [-0.05, 0) is 109 Å². The number of hydrogen-bond donors (Lipinski definition) is 1. The quantitative estimate of drug-likeness (QED) is 0.0211. The third-order valence-electron chi connectivity index (χ3n) is 14.0. The van der Waals surface area contributed by atoms with Crippen LogP contribution in [-0.4, -0.2) is 74.9 Å². The summed E-state index contributed by atoms with van der Waals surface area (Å²) < 4.78 is 34.7. The second-order valence-corrected chi connectivity index (χ2v) is 24.6. The highest BCUT2D eigenvalue weighted by Gasteiger charge is 2.27. The van der Waals surface area contributed by atoms with Gasteiger partial charge in [0.15, 0.2) is 6.10 Å². The number of allylic oxidation sites excluding steroid dienone is 20. The molecule has 0 radical (unpaired) electrons. The van der Waals surface area contributed by atoms with Crippen LogP contribution in [0.3, 0.4) is 0 Å². The van der Waals surface area contributed by atoms with E-state index in [1.807, 2.05) is 21.1 Å². The zero-order chi connectivity index (χ0) is 59.8. The minimum absolute atomic E-state index is 0.0239. The van der Waals surface area contributed by atoms with Crippen molar-refractivity contribution < 1.29 is 42.1 Å². The SMILES string of the molecule is CC/C=C\C/C=C\C/C=C\C/C=C\C/C=C\C/C=C\C/C=C\C/C=C\C/C=C\CCCCCCCCCC(=O)OC(COC(=O)CCCCCCCCCCCCC/C=C\CCCCCCCCCC)COP(=O)(O)OCC[N+](C)(C)C. The maximum absolute atomic E-state index is 12.9. The van der Waals surface area contributed by atoms with E-state index in [0.717, 1.165) is 103 Å². The van der Waals surface area contributed by atoms with Gasteiger partial charge in [0.2, 0.25) is 0 Å². The summed E-state index contributed by atoms with van der Waals surface area (Å²) >= 11 is 0. The first-order valence-electron chi connectivity index (χ1n) is 33.3. The molecule has 2 unspecified atom stereocenters. The number of phosphoric acid groups is 1. The van der Waals surface area contributed by atoms with E-state index in [-0.39, 0.29) is 32.0 Å². The molecule has 0 aliphatic rings. The van der Waals surface area contributed by atoms with E-state index in [1.54, 1.807) is 0 Å². The standard InChI is InChI=1S/C72H124NO8P/c1-6-8-10-12-14-16-18-20-22-24-26-28-30-31-32-33-34-35-36-37-38-39-40-41-43-45-47-49-51-53-55-57-59-61-63-65-72(75)81-70(69-80-82(76,77)79-67-66-73(3,4)5)68-78-71(74)64-62-60-58-56-54-52-50-48-46-44-42-29-27-25-23-21-19-17-15-13-11-9-7-2/h8,10,14,16,20,22,25-28,31-32,34-35,37-38,40-41,45,47,70H,6-7,9,11-13,15,17-19,21,23-24,29-30,33,36,39,42-44,46,48-69H2,1-5H3/p+1/b10-8-,16-14-,22-20-,27-25-,28-26-,32-31-,35-34-,38-37-,41-40-,47-45-. The van der Waals surface area contributed by atoms with Crippen LogP contribution in [-0.2, 0) is 32.7 Å². The van der Waals surface area contributed by atoms with Crippen molar-refractivity contribution in [2.45, 2.75) is 277 Å². The summed E-state index contributed by atoms with van der Waals surface area (Å²) in [5, 5.41) is 0. The molecular formula is C72H125NO8P+. The molecule has 0 aliphatic carbocycles. The van der Waals surface area contributed by atoms with Crippen molar-refractivity contribution >= 4 is 19.8 Å². The average molecular weight is 1160 g/mol. The summed E-state index contributed by atoms with van der Waals surface area (Å²) in [7, 11) is 1.46. The lowest BCUT2D eigenvalue weighted by Crippen LogP contribution is -2.37. The van der Waals surface area contributed by atoms with Gasteiger partial charge in [-0.3, -0.25) is 18.6 Å². The van der Waals surface area contributed by atoms with Crippen molar-refractivity contribution in [3.8, 4) is 0 Å². The summed E-state index contributed by atoms with van der Waals surface area (Å²) in [4.78, 5) is 35.8. The highest BCUT2D eigenvalue weighted by Crippen LogP contribution is 2.43. The van der Waals surface area contributed by atoms with Crippen molar-refractivity contribution in [3.63, 3.8) is 0 Å². The Balaban J connectivity index is 4.16. The summed E-state index contributed by atoms with van der Waals surface area (Å²) in [5.41, 5.74) is 0. The van der Waals surface area contributed by atoms with E-state index in [4.69, 9.17) is 18.5 Å². The monoisotopic (exact) mass is 1160 g/mol. The molecule has 2 atom stereocenters. The normalized spacial score (nSPS) is 14.0. The Hall–Kier alpha value is -3.59.